The minimum atomic E-state index is -4.23. The van der Waals surface area contributed by atoms with Gasteiger partial charge in [-0.2, -0.15) is 18.3 Å². The topological polar surface area (TPSA) is 38.9 Å². The van der Waals surface area contributed by atoms with E-state index in [2.05, 4.69) is 15.0 Å². The summed E-state index contributed by atoms with van der Waals surface area (Å²) in [6.07, 6.45) is 4.30. The SMILES string of the molecule is FC(F)(F)Cn1ccnc1CN1CCC[C@H]1Cn1cccn1. The van der Waals surface area contributed by atoms with Gasteiger partial charge in [-0.15, -0.1) is 0 Å². The van der Waals surface area contributed by atoms with E-state index in [4.69, 9.17) is 0 Å². The largest absolute Gasteiger partial charge is 0.406 e. The lowest BCUT2D eigenvalue weighted by Crippen LogP contribution is -2.34. The monoisotopic (exact) mass is 313 g/mol. The molecule has 0 amide bonds. The van der Waals surface area contributed by atoms with Crippen LogP contribution < -0.4 is 0 Å². The number of aromatic nitrogens is 4. The number of hydrogen-bond acceptors (Lipinski definition) is 3. The molecule has 2 aromatic heterocycles. The zero-order chi connectivity index (χ0) is 15.6. The van der Waals surface area contributed by atoms with E-state index < -0.39 is 12.7 Å². The molecule has 0 saturated carbocycles. The van der Waals surface area contributed by atoms with Gasteiger partial charge in [-0.25, -0.2) is 4.98 Å². The Kier molecular flexibility index (Phi) is 4.19. The number of halogens is 3. The van der Waals surface area contributed by atoms with Gasteiger partial charge in [-0.1, -0.05) is 0 Å². The van der Waals surface area contributed by atoms with E-state index in [1.807, 2.05) is 16.9 Å². The Morgan fingerprint density at radius 2 is 2.09 bits per heavy atom. The molecule has 1 fully saturated rings. The van der Waals surface area contributed by atoms with Crippen molar-refractivity contribution >= 4 is 0 Å². The van der Waals surface area contributed by atoms with Gasteiger partial charge < -0.3 is 4.57 Å². The van der Waals surface area contributed by atoms with Crippen LogP contribution >= 0.6 is 0 Å². The Labute approximate surface area is 126 Å². The number of alkyl halides is 3. The number of hydrogen-bond donors (Lipinski definition) is 0. The van der Waals surface area contributed by atoms with E-state index >= 15 is 0 Å². The molecule has 120 valence electrons. The molecular formula is C14H18F3N5. The van der Waals surface area contributed by atoms with Crippen LogP contribution in [-0.4, -0.2) is 43.0 Å². The molecule has 3 heterocycles. The summed E-state index contributed by atoms with van der Waals surface area (Å²) in [5.74, 6) is 0.463. The first-order valence-electron chi connectivity index (χ1n) is 7.29. The van der Waals surface area contributed by atoms with Gasteiger partial charge in [0.1, 0.15) is 12.4 Å². The molecule has 1 aliphatic heterocycles. The lowest BCUT2D eigenvalue weighted by molar-refractivity contribution is -0.141. The first-order valence-corrected chi connectivity index (χ1v) is 7.29. The molecule has 0 aliphatic carbocycles. The van der Waals surface area contributed by atoms with E-state index in [1.54, 1.807) is 6.20 Å². The first kappa shape index (κ1) is 15.1. The highest BCUT2D eigenvalue weighted by Crippen LogP contribution is 2.23. The maximum absolute atomic E-state index is 12.6. The summed E-state index contributed by atoms with van der Waals surface area (Å²) in [6, 6.07) is 2.16. The van der Waals surface area contributed by atoms with Gasteiger partial charge >= 0.3 is 6.18 Å². The summed E-state index contributed by atoms with van der Waals surface area (Å²) in [7, 11) is 0. The number of rotatable bonds is 5. The molecule has 0 unspecified atom stereocenters. The Balaban J connectivity index is 1.66. The summed E-state index contributed by atoms with van der Waals surface area (Å²) in [6.45, 7) is 1.09. The Bertz CT molecular complexity index is 590. The van der Waals surface area contributed by atoms with Crippen LogP contribution in [-0.2, 0) is 19.6 Å². The standard InChI is InChI=1S/C14H18F3N5/c15-14(16,17)11-21-8-5-18-13(21)10-20-6-1-3-12(20)9-22-7-2-4-19-22/h2,4-5,7-8,12H,1,3,6,9-11H2/t12-/m0/s1. The molecule has 1 saturated heterocycles. The Morgan fingerprint density at radius 1 is 1.23 bits per heavy atom. The molecular weight excluding hydrogens is 295 g/mol. The molecule has 0 spiro atoms. The van der Waals surface area contributed by atoms with E-state index in [-0.39, 0.29) is 6.04 Å². The van der Waals surface area contributed by atoms with Crippen molar-refractivity contribution in [3.8, 4) is 0 Å². The fourth-order valence-electron chi connectivity index (χ4n) is 2.94. The van der Waals surface area contributed by atoms with Crippen LogP contribution in [0.15, 0.2) is 30.9 Å². The van der Waals surface area contributed by atoms with Gasteiger partial charge in [0, 0.05) is 30.8 Å². The highest BCUT2D eigenvalue weighted by Gasteiger charge is 2.30. The van der Waals surface area contributed by atoms with Crippen molar-refractivity contribution < 1.29 is 13.2 Å². The van der Waals surface area contributed by atoms with Crippen molar-refractivity contribution in [1.82, 2.24) is 24.2 Å². The maximum Gasteiger partial charge on any atom is 0.406 e. The predicted molar refractivity (Wildman–Crippen MR) is 73.9 cm³/mol. The van der Waals surface area contributed by atoms with Crippen LogP contribution in [0.1, 0.15) is 18.7 Å². The Hall–Kier alpha value is -1.83. The maximum atomic E-state index is 12.6. The molecule has 0 aromatic carbocycles. The third-order valence-corrected chi connectivity index (χ3v) is 3.95. The van der Waals surface area contributed by atoms with Crippen molar-refractivity contribution in [2.75, 3.05) is 6.54 Å². The molecule has 22 heavy (non-hydrogen) atoms. The third kappa shape index (κ3) is 3.68. The van der Waals surface area contributed by atoms with Crippen molar-refractivity contribution in [2.24, 2.45) is 0 Å². The van der Waals surface area contributed by atoms with Crippen LogP contribution in [0, 0.1) is 0 Å². The van der Waals surface area contributed by atoms with Crippen LogP contribution in [0.25, 0.3) is 0 Å². The van der Waals surface area contributed by atoms with Crippen LogP contribution in [0.3, 0.4) is 0 Å². The van der Waals surface area contributed by atoms with E-state index in [0.29, 0.717) is 12.4 Å². The third-order valence-electron chi connectivity index (χ3n) is 3.95. The van der Waals surface area contributed by atoms with Gasteiger partial charge in [0.05, 0.1) is 13.1 Å². The first-order chi connectivity index (χ1) is 10.5. The molecule has 2 aromatic rings. The second kappa shape index (κ2) is 6.12. The Morgan fingerprint density at radius 3 is 2.82 bits per heavy atom. The average Bonchev–Trinajstić information content (AvgIpc) is 3.14. The molecule has 8 heteroatoms. The molecule has 0 N–H and O–H groups in total. The van der Waals surface area contributed by atoms with Crippen molar-refractivity contribution in [3.63, 3.8) is 0 Å². The fourth-order valence-corrected chi connectivity index (χ4v) is 2.94. The van der Waals surface area contributed by atoms with Gasteiger partial charge in [-0.3, -0.25) is 9.58 Å². The summed E-state index contributed by atoms with van der Waals surface area (Å²) in [5, 5.41) is 4.20. The second-order valence-corrected chi connectivity index (χ2v) is 5.58. The van der Waals surface area contributed by atoms with Crippen LogP contribution in [0.4, 0.5) is 13.2 Å². The van der Waals surface area contributed by atoms with E-state index in [9.17, 15) is 13.2 Å². The molecule has 1 aliphatic rings. The summed E-state index contributed by atoms with van der Waals surface area (Å²) < 4.78 is 40.8. The smallest absolute Gasteiger partial charge is 0.325 e. The van der Waals surface area contributed by atoms with Crippen LogP contribution in [0.5, 0.6) is 0 Å². The number of nitrogens with zero attached hydrogens (tertiary/aromatic N) is 5. The van der Waals surface area contributed by atoms with Gasteiger partial charge in [0.25, 0.3) is 0 Å². The number of likely N-dealkylation sites (tertiary alicyclic amines) is 1. The molecule has 3 rings (SSSR count). The normalized spacial score (nSPS) is 19.9. The number of imidazole rings is 1. The van der Waals surface area contributed by atoms with Gasteiger partial charge in [-0.05, 0) is 25.5 Å². The second-order valence-electron chi connectivity index (χ2n) is 5.58. The highest BCUT2D eigenvalue weighted by molar-refractivity contribution is 4.95. The van der Waals surface area contributed by atoms with E-state index in [0.717, 1.165) is 25.9 Å². The predicted octanol–water partition coefficient (Wildman–Crippen LogP) is 2.31. The molecule has 1 atom stereocenters. The quantitative estimate of drug-likeness (QED) is 0.850. The zero-order valence-electron chi connectivity index (χ0n) is 12.1. The van der Waals surface area contributed by atoms with E-state index in [1.165, 1.54) is 17.0 Å². The van der Waals surface area contributed by atoms with Gasteiger partial charge in [0.15, 0.2) is 0 Å². The molecule has 0 bridgehead atoms. The van der Waals surface area contributed by atoms with Crippen LogP contribution in [0.2, 0.25) is 0 Å². The summed E-state index contributed by atoms with van der Waals surface area (Å²) >= 11 is 0. The van der Waals surface area contributed by atoms with Gasteiger partial charge in [0.2, 0.25) is 0 Å². The van der Waals surface area contributed by atoms with Crippen molar-refractivity contribution in [3.05, 3.63) is 36.7 Å². The summed E-state index contributed by atoms with van der Waals surface area (Å²) in [4.78, 5) is 6.29. The average molecular weight is 313 g/mol. The minimum absolute atomic E-state index is 0.288. The lowest BCUT2D eigenvalue weighted by atomic mass is 10.2. The highest BCUT2D eigenvalue weighted by atomic mass is 19.4. The molecule has 0 radical (unpaired) electrons. The summed E-state index contributed by atoms with van der Waals surface area (Å²) in [5.41, 5.74) is 0. The molecule has 5 nitrogen and oxygen atoms in total. The van der Waals surface area contributed by atoms with Crippen molar-refractivity contribution in [2.45, 2.75) is 44.7 Å². The fraction of sp³-hybridized carbons (Fsp3) is 0.571. The lowest BCUT2D eigenvalue weighted by Gasteiger charge is -2.24. The zero-order valence-corrected chi connectivity index (χ0v) is 12.1. The van der Waals surface area contributed by atoms with Crippen molar-refractivity contribution in [1.29, 1.82) is 0 Å². The minimum Gasteiger partial charge on any atom is -0.325 e.